The fourth-order valence-electron chi connectivity index (χ4n) is 1.91. The third kappa shape index (κ3) is 3.45. The molecule has 1 aliphatic rings. The molecule has 0 spiro atoms. The van der Waals surface area contributed by atoms with Gasteiger partial charge in [-0.15, -0.1) is 0 Å². The Kier molecular flexibility index (Phi) is 4.27. The summed E-state index contributed by atoms with van der Waals surface area (Å²) in [5.41, 5.74) is -0.523. The molecule has 1 aromatic rings. The molecule has 0 heterocycles. The zero-order valence-corrected chi connectivity index (χ0v) is 12.2. The number of carbonyl (C=O) groups excluding carboxylic acids is 1. The summed E-state index contributed by atoms with van der Waals surface area (Å²) in [7, 11) is 1.26. The van der Waals surface area contributed by atoms with E-state index in [1.807, 2.05) is 0 Å². The maximum absolute atomic E-state index is 12.7. The van der Waals surface area contributed by atoms with Crippen LogP contribution in [0.15, 0.2) is 22.7 Å². The highest BCUT2D eigenvalue weighted by Crippen LogP contribution is 2.38. The first-order chi connectivity index (χ1) is 9.32. The summed E-state index contributed by atoms with van der Waals surface area (Å²) in [5, 5.41) is 2.85. The molecule has 1 saturated carbocycles. The molecule has 110 valence electrons. The van der Waals surface area contributed by atoms with Crippen molar-refractivity contribution >= 4 is 27.6 Å². The zero-order chi connectivity index (χ0) is 14.9. The number of hydrogen-bond acceptors (Lipinski definition) is 3. The molecule has 3 nitrogen and oxygen atoms in total. The molecule has 0 bridgehead atoms. The minimum atomic E-state index is -4.42. The van der Waals surface area contributed by atoms with Crippen LogP contribution in [0.5, 0.6) is 0 Å². The molecule has 1 unspecified atom stereocenters. The summed E-state index contributed by atoms with van der Waals surface area (Å²) in [5.74, 6) is -0.347. The fraction of sp³-hybridized carbons (Fsp3) is 0.462. The van der Waals surface area contributed by atoms with Crippen LogP contribution >= 0.6 is 15.9 Å². The lowest BCUT2D eigenvalue weighted by molar-refractivity contribution is -0.142. The van der Waals surface area contributed by atoms with E-state index >= 15 is 0 Å². The van der Waals surface area contributed by atoms with Crippen LogP contribution in [0.4, 0.5) is 18.9 Å². The standard InChI is InChI=1S/C13H13BrF3NO2/c1-20-12(19)11(7-2-3-7)18-10-6-8(13(15,16)17)4-5-9(10)14/h4-7,11,18H,2-3H2,1H3. The summed E-state index contributed by atoms with van der Waals surface area (Å²) >= 11 is 3.18. The maximum Gasteiger partial charge on any atom is 0.416 e. The van der Waals surface area contributed by atoms with Gasteiger partial charge in [0, 0.05) is 10.2 Å². The summed E-state index contributed by atoms with van der Waals surface area (Å²) in [6, 6.07) is 2.67. The minimum Gasteiger partial charge on any atom is -0.467 e. The molecule has 0 aliphatic heterocycles. The fourth-order valence-corrected chi connectivity index (χ4v) is 2.27. The Bertz CT molecular complexity index is 515. The average Bonchev–Trinajstić information content (AvgIpc) is 3.19. The molecule has 1 aromatic carbocycles. The molecule has 0 amide bonds. The van der Waals surface area contributed by atoms with Crippen molar-refractivity contribution in [3.8, 4) is 0 Å². The van der Waals surface area contributed by atoms with E-state index in [1.54, 1.807) is 0 Å². The number of ether oxygens (including phenoxy) is 1. The smallest absolute Gasteiger partial charge is 0.416 e. The number of hydrogen-bond donors (Lipinski definition) is 1. The highest BCUT2D eigenvalue weighted by molar-refractivity contribution is 9.10. The van der Waals surface area contributed by atoms with Crippen LogP contribution in [0.2, 0.25) is 0 Å². The van der Waals surface area contributed by atoms with Crippen molar-refractivity contribution < 1.29 is 22.7 Å². The first-order valence-electron chi connectivity index (χ1n) is 6.04. The molecular weight excluding hydrogens is 339 g/mol. The summed E-state index contributed by atoms with van der Waals surface area (Å²) in [4.78, 5) is 11.7. The van der Waals surface area contributed by atoms with E-state index in [9.17, 15) is 18.0 Å². The monoisotopic (exact) mass is 351 g/mol. The van der Waals surface area contributed by atoms with E-state index in [2.05, 4.69) is 26.0 Å². The quantitative estimate of drug-likeness (QED) is 0.837. The lowest BCUT2D eigenvalue weighted by Gasteiger charge is -2.19. The summed E-state index contributed by atoms with van der Waals surface area (Å²) in [6.45, 7) is 0. The highest BCUT2D eigenvalue weighted by Gasteiger charge is 2.38. The van der Waals surface area contributed by atoms with Crippen LogP contribution in [0.1, 0.15) is 18.4 Å². The van der Waals surface area contributed by atoms with E-state index in [0.29, 0.717) is 4.47 Å². The second-order valence-electron chi connectivity index (χ2n) is 4.67. The Labute approximate surface area is 122 Å². The van der Waals surface area contributed by atoms with E-state index < -0.39 is 23.8 Å². The lowest BCUT2D eigenvalue weighted by atomic mass is 10.1. The SMILES string of the molecule is COC(=O)C(Nc1cc(C(F)(F)F)ccc1Br)C1CC1. The Balaban J connectivity index is 2.25. The van der Waals surface area contributed by atoms with E-state index in [4.69, 9.17) is 0 Å². The molecule has 0 radical (unpaired) electrons. The van der Waals surface area contributed by atoms with Gasteiger partial charge in [-0.2, -0.15) is 13.2 Å². The lowest BCUT2D eigenvalue weighted by Crippen LogP contribution is -2.32. The van der Waals surface area contributed by atoms with E-state index in [-0.39, 0.29) is 11.6 Å². The van der Waals surface area contributed by atoms with Crippen molar-refractivity contribution in [3.63, 3.8) is 0 Å². The van der Waals surface area contributed by atoms with Gasteiger partial charge >= 0.3 is 12.1 Å². The first-order valence-corrected chi connectivity index (χ1v) is 6.83. The van der Waals surface area contributed by atoms with Gasteiger partial charge in [-0.05, 0) is 52.9 Å². The Morgan fingerprint density at radius 3 is 2.60 bits per heavy atom. The third-order valence-corrected chi connectivity index (χ3v) is 3.84. The molecule has 20 heavy (non-hydrogen) atoms. The van der Waals surface area contributed by atoms with Gasteiger partial charge in [-0.3, -0.25) is 0 Å². The molecule has 1 N–H and O–H groups in total. The molecule has 2 rings (SSSR count). The van der Waals surface area contributed by atoms with Crippen molar-refractivity contribution in [1.29, 1.82) is 0 Å². The number of carbonyl (C=O) groups is 1. The second-order valence-corrected chi connectivity index (χ2v) is 5.53. The van der Waals surface area contributed by atoms with Gasteiger partial charge in [0.1, 0.15) is 6.04 Å². The molecule has 0 aromatic heterocycles. The average molecular weight is 352 g/mol. The van der Waals surface area contributed by atoms with E-state index in [1.165, 1.54) is 13.2 Å². The maximum atomic E-state index is 12.7. The van der Waals surface area contributed by atoms with Gasteiger partial charge in [0.15, 0.2) is 0 Å². The minimum absolute atomic E-state index is 0.115. The molecule has 0 saturated heterocycles. The molecule has 1 aliphatic carbocycles. The Hall–Kier alpha value is -1.24. The first kappa shape index (κ1) is 15.2. The number of benzene rings is 1. The number of halogens is 4. The van der Waals surface area contributed by atoms with Crippen LogP contribution in [-0.4, -0.2) is 19.1 Å². The topological polar surface area (TPSA) is 38.3 Å². The van der Waals surface area contributed by atoms with E-state index in [0.717, 1.165) is 25.0 Å². The number of anilines is 1. The van der Waals surface area contributed by atoms with Gasteiger partial charge in [-0.1, -0.05) is 0 Å². The predicted molar refractivity (Wildman–Crippen MR) is 71.3 cm³/mol. The van der Waals surface area contributed by atoms with Crippen molar-refractivity contribution in [2.75, 3.05) is 12.4 Å². The van der Waals surface area contributed by atoms with Crippen molar-refractivity contribution in [2.45, 2.75) is 25.1 Å². The van der Waals surface area contributed by atoms with Crippen molar-refractivity contribution in [3.05, 3.63) is 28.2 Å². The number of alkyl halides is 3. The summed E-state index contributed by atoms with van der Waals surface area (Å²) in [6.07, 6.45) is -2.69. The van der Waals surface area contributed by atoms with Crippen LogP contribution in [0.25, 0.3) is 0 Å². The second kappa shape index (κ2) is 5.63. The number of nitrogens with one attached hydrogen (secondary N) is 1. The summed E-state index contributed by atoms with van der Waals surface area (Å²) < 4.78 is 43.3. The third-order valence-electron chi connectivity index (χ3n) is 3.15. The zero-order valence-electron chi connectivity index (χ0n) is 10.6. The molecular formula is C13H13BrF3NO2. The number of methoxy groups -OCH3 is 1. The van der Waals surface area contributed by atoms with Gasteiger partial charge in [-0.25, -0.2) is 4.79 Å². The Morgan fingerprint density at radius 1 is 1.45 bits per heavy atom. The predicted octanol–water partition coefficient (Wildman–Crippen LogP) is 3.83. The van der Waals surface area contributed by atoms with Crippen LogP contribution in [-0.2, 0) is 15.7 Å². The highest BCUT2D eigenvalue weighted by atomic mass is 79.9. The molecule has 7 heteroatoms. The normalized spacial score (nSPS) is 16.6. The van der Waals surface area contributed by atoms with Crippen LogP contribution in [0, 0.1) is 5.92 Å². The van der Waals surface area contributed by atoms with Gasteiger partial charge < -0.3 is 10.1 Å². The van der Waals surface area contributed by atoms with Crippen molar-refractivity contribution in [2.24, 2.45) is 5.92 Å². The van der Waals surface area contributed by atoms with Crippen LogP contribution in [0.3, 0.4) is 0 Å². The van der Waals surface area contributed by atoms with Crippen LogP contribution < -0.4 is 5.32 Å². The van der Waals surface area contributed by atoms with Crippen molar-refractivity contribution in [1.82, 2.24) is 0 Å². The number of esters is 1. The number of rotatable bonds is 4. The van der Waals surface area contributed by atoms with Gasteiger partial charge in [0.2, 0.25) is 0 Å². The Morgan fingerprint density at radius 2 is 2.10 bits per heavy atom. The largest absolute Gasteiger partial charge is 0.467 e. The van der Waals surface area contributed by atoms with Gasteiger partial charge in [0.25, 0.3) is 0 Å². The van der Waals surface area contributed by atoms with Gasteiger partial charge in [0.05, 0.1) is 12.7 Å². The molecule has 1 fully saturated rings. The molecule has 1 atom stereocenters.